The molecule has 1 heteroatoms. The summed E-state index contributed by atoms with van der Waals surface area (Å²) in [5, 5.41) is 0. The fourth-order valence-corrected chi connectivity index (χ4v) is 1.47. The first-order valence-electron chi connectivity index (χ1n) is 4.27. The highest BCUT2D eigenvalue weighted by Crippen LogP contribution is 2.27. The van der Waals surface area contributed by atoms with Crippen molar-refractivity contribution in [3.63, 3.8) is 0 Å². The van der Waals surface area contributed by atoms with Crippen LogP contribution in [0.3, 0.4) is 0 Å². The van der Waals surface area contributed by atoms with Gasteiger partial charge in [-0.15, -0.1) is 0 Å². The molecule has 1 heterocycles. The first-order chi connectivity index (χ1) is 5.88. The summed E-state index contributed by atoms with van der Waals surface area (Å²) >= 11 is 0. The molecule has 62 valence electrons. The van der Waals surface area contributed by atoms with Crippen LogP contribution in [0.5, 0.6) is 5.75 Å². The first kappa shape index (κ1) is 7.41. The van der Waals surface area contributed by atoms with Crippen molar-refractivity contribution in [3.05, 3.63) is 35.9 Å². The Morgan fingerprint density at radius 2 is 2.08 bits per heavy atom. The molecule has 0 saturated carbocycles. The summed E-state index contributed by atoms with van der Waals surface area (Å²) in [5.74, 6) is 1.02. The molecule has 1 aliphatic heterocycles. The lowest BCUT2D eigenvalue weighted by Gasteiger charge is -2.06. The van der Waals surface area contributed by atoms with Gasteiger partial charge in [-0.1, -0.05) is 24.3 Å². The number of hydrogen-bond acceptors (Lipinski definition) is 1. The monoisotopic (exact) mass is 160 g/mol. The first-order valence-corrected chi connectivity index (χ1v) is 4.27. The minimum atomic E-state index is 0.800. The Kier molecular flexibility index (Phi) is 1.86. The Morgan fingerprint density at radius 3 is 3.00 bits per heavy atom. The van der Waals surface area contributed by atoms with Gasteiger partial charge in [0, 0.05) is 12.0 Å². The van der Waals surface area contributed by atoms with E-state index in [4.69, 9.17) is 4.74 Å². The lowest BCUT2D eigenvalue weighted by molar-refractivity contribution is 0.326. The normalized spacial score (nSPS) is 15.6. The van der Waals surface area contributed by atoms with Crippen LogP contribution in [0.4, 0.5) is 0 Å². The van der Waals surface area contributed by atoms with E-state index >= 15 is 0 Å². The topological polar surface area (TPSA) is 9.23 Å². The van der Waals surface area contributed by atoms with Crippen LogP contribution < -0.4 is 4.74 Å². The molecule has 0 spiro atoms. The largest absolute Gasteiger partial charge is 0.493 e. The quantitative estimate of drug-likeness (QED) is 0.567. The van der Waals surface area contributed by atoms with Gasteiger partial charge in [0.2, 0.25) is 0 Å². The van der Waals surface area contributed by atoms with Gasteiger partial charge in [-0.05, 0) is 18.6 Å². The van der Waals surface area contributed by atoms with Crippen molar-refractivity contribution in [1.29, 1.82) is 0 Å². The average Bonchev–Trinajstić information content (AvgIpc) is 2.29. The Morgan fingerprint density at radius 1 is 1.25 bits per heavy atom. The summed E-state index contributed by atoms with van der Waals surface area (Å²) in [7, 11) is 0. The Labute approximate surface area is 72.7 Å². The van der Waals surface area contributed by atoms with E-state index in [1.54, 1.807) is 0 Å². The smallest absolute Gasteiger partial charge is 0.126 e. The van der Waals surface area contributed by atoms with Crippen LogP contribution in [0.25, 0.3) is 5.57 Å². The molecule has 0 unspecified atom stereocenters. The minimum Gasteiger partial charge on any atom is -0.493 e. The lowest BCUT2D eigenvalue weighted by Crippen LogP contribution is -1.94. The van der Waals surface area contributed by atoms with Gasteiger partial charge in [-0.2, -0.15) is 0 Å². The van der Waals surface area contributed by atoms with Gasteiger partial charge in [0.1, 0.15) is 5.75 Å². The molecule has 1 aromatic carbocycles. The van der Waals surface area contributed by atoms with E-state index in [2.05, 4.69) is 19.1 Å². The molecule has 0 fully saturated rings. The molecular formula is C11H12O. The second kappa shape index (κ2) is 3.02. The van der Waals surface area contributed by atoms with Crippen molar-refractivity contribution in [2.24, 2.45) is 0 Å². The highest BCUT2D eigenvalue weighted by molar-refractivity contribution is 5.69. The molecular weight excluding hydrogens is 148 g/mol. The molecule has 0 aliphatic carbocycles. The highest BCUT2D eigenvalue weighted by Gasteiger charge is 2.06. The Hall–Kier alpha value is -1.24. The SMILES string of the molecule is CC1=CCCOc2ccccc21. The molecule has 0 amide bonds. The fourth-order valence-electron chi connectivity index (χ4n) is 1.47. The highest BCUT2D eigenvalue weighted by atomic mass is 16.5. The summed E-state index contributed by atoms with van der Waals surface area (Å²) in [6, 6.07) is 8.19. The van der Waals surface area contributed by atoms with Crippen LogP contribution in [0.1, 0.15) is 18.9 Å². The molecule has 0 saturated heterocycles. The standard InChI is InChI=1S/C11H12O/c1-9-5-4-8-12-11-7-3-2-6-10(9)11/h2-3,5-7H,4,8H2,1H3. The zero-order valence-corrected chi connectivity index (χ0v) is 7.21. The summed E-state index contributed by atoms with van der Waals surface area (Å²) in [6.45, 7) is 2.93. The van der Waals surface area contributed by atoms with Crippen molar-refractivity contribution >= 4 is 5.57 Å². The number of ether oxygens (including phenoxy) is 1. The third kappa shape index (κ3) is 1.22. The summed E-state index contributed by atoms with van der Waals surface area (Å²) < 4.78 is 5.57. The molecule has 1 aliphatic rings. The summed E-state index contributed by atoms with van der Waals surface area (Å²) in [4.78, 5) is 0. The Bertz CT molecular complexity index is 313. The van der Waals surface area contributed by atoms with E-state index < -0.39 is 0 Å². The molecule has 12 heavy (non-hydrogen) atoms. The minimum absolute atomic E-state index is 0.800. The zero-order chi connectivity index (χ0) is 8.39. The van der Waals surface area contributed by atoms with E-state index in [9.17, 15) is 0 Å². The summed E-state index contributed by atoms with van der Waals surface area (Å²) in [5.41, 5.74) is 2.55. The number of benzene rings is 1. The van der Waals surface area contributed by atoms with Gasteiger partial charge in [0.05, 0.1) is 6.61 Å². The van der Waals surface area contributed by atoms with Crippen LogP contribution in [-0.4, -0.2) is 6.61 Å². The number of fused-ring (bicyclic) bond motifs is 1. The molecule has 0 radical (unpaired) electrons. The lowest BCUT2D eigenvalue weighted by atomic mass is 10.1. The van der Waals surface area contributed by atoms with Crippen molar-refractivity contribution in [2.45, 2.75) is 13.3 Å². The molecule has 2 rings (SSSR count). The van der Waals surface area contributed by atoms with Crippen LogP contribution >= 0.6 is 0 Å². The zero-order valence-electron chi connectivity index (χ0n) is 7.21. The number of allylic oxidation sites excluding steroid dienone is 1. The van der Waals surface area contributed by atoms with Gasteiger partial charge in [0.15, 0.2) is 0 Å². The van der Waals surface area contributed by atoms with E-state index in [0.29, 0.717) is 0 Å². The third-order valence-electron chi connectivity index (χ3n) is 2.14. The second-order valence-corrected chi connectivity index (χ2v) is 3.02. The van der Waals surface area contributed by atoms with Crippen molar-refractivity contribution in [2.75, 3.05) is 6.61 Å². The van der Waals surface area contributed by atoms with Crippen LogP contribution in [0.15, 0.2) is 30.3 Å². The maximum Gasteiger partial charge on any atom is 0.126 e. The van der Waals surface area contributed by atoms with Crippen LogP contribution in [0.2, 0.25) is 0 Å². The maximum absolute atomic E-state index is 5.57. The van der Waals surface area contributed by atoms with Crippen molar-refractivity contribution < 1.29 is 4.74 Å². The van der Waals surface area contributed by atoms with Gasteiger partial charge < -0.3 is 4.74 Å². The molecule has 0 bridgehead atoms. The van der Waals surface area contributed by atoms with E-state index in [1.165, 1.54) is 11.1 Å². The number of hydrogen-bond donors (Lipinski definition) is 0. The molecule has 1 nitrogen and oxygen atoms in total. The predicted molar refractivity (Wildman–Crippen MR) is 50.2 cm³/mol. The molecule has 1 aromatic rings. The van der Waals surface area contributed by atoms with Gasteiger partial charge in [0.25, 0.3) is 0 Å². The average molecular weight is 160 g/mol. The van der Waals surface area contributed by atoms with Gasteiger partial charge in [-0.25, -0.2) is 0 Å². The fraction of sp³-hybridized carbons (Fsp3) is 0.273. The van der Waals surface area contributed by atoms with Crippen LogP contribution in [-0.2, 0) is 0 Å². The van der Waals surface area contributed by atoms with E-state index in [0.717, 1.165) is 18.8 Å². The van der Waals surface area contributed by atoms with Gasteiger partial charge in [-0.3, -0.25) is 0 Å². The predicted octanol–water partition coefficient (Wildman–Crippen LogP) is 2.87. The van der Waals surface area contributed by atoms with E-state index in [1.807, 2.05) is 18.2 Å². The van der Waals surface area contributed by atoms with Crippen LogP contribution in [0, 0.1) is 0 Å². The van der Waals surface area contributed by atoms with Gasteiger partial charge >= 0.3 is 0 Å². The molecule has 0 aromatic heterocycles. The van der Waals surface area contributed by atoms with E-state index in [-0.39, 0.29) is 0 Å². The molecule has 0 atom stereocenters. The second-order valence-electron chi connectivity index (χ2n) is 3.02. The third-order valence-corrected chi connectivity index (χ3v) is 2.14. The number of rotatable bonds is 0. The maximum atomic E-state index is 5.57. The van der Waals surface area contributed by atoms with Crippen molar-refractivity contribution in [3.8, 4) is 5.75 Å². The van der Waals surface area contributed by atoms with Crippen molar-refractivity contribution in [1.82, 2.24) is 0 Å². The number of para-hydroxylation sites is 1. The Balaban J connectivity index is 2.51. The molecule has 0 N–H and O–H groups in total. The summed E-state index contributed by atoms with van der Waals surface area (Å²) in [6.07, 6.45) is 3.24.